The molecular formula is C12H23NO. The van der Waals surface area contributed by atoms with Crippen molar-refractivity contribution in [2.24, 2.45) is 5.92 Å². The molecule has 2 heteroatoms. The molecule has 2 rings (SSSR count). The first-order chi connectivity index (χ1) is 6.90. The molecule has 2 saturated carbocycles. The van der Waals surface area contributed by atoms with Gasteiger partial charge in [0.1, 0.15) is 0 Å². The van der Waals surface area contributed by atoms with Gasteiger partial charge in [0.25, 0.3) is 0 Å². The Morgan fingerprint density at radius 1 is 1.14 bits per heavy atom. The molecule has 2 aliphatic carbocycles. The highest BCUT2D eigenvalue weighted by atomic mass is 16.5. The maximum atomic E-state index is 6.01. The zero-order valence-corrected chi connectivity index (χ0v) is 9.30. The highest BCUT2D eigenvalue weighted by Gasteiger charge is 2.28. The van der Waals surface area contributed by atoms with Crippen molar-refractivity contribution in [2.45, 2.75) is 57.6 Å². The maximum absolute atomic E-state index is 6.01. The van der Waals surface area contributed by atoms with Gasteiger partial charge in [-0.25, -0.2) is 0 Å². The first-order valence-corrected chi connectivity index (χ1v) is 6.25. The largest absolute Gasteiger partial charge is 0.376 e. The van der Waals surface area contributed by atoms with Crippen LogP contribution in [0.4, 0.5) is 0 Å². The van der Waals surface area contributed by atoms with Gasteiger partial charge < -0.3 is 10.1 Å². The summed E-state index contributed by atoms with van der Waals surface area (Å²) in [5, 5.41) is 3.55. The minimum Gasteiger partial charge on any atom is -0.376 e. The predicted octanol–water partition coefficient (Wildman–Crippen LogP) is 2.33. The molecule has 0 aromatic rings. The number of hydrogen-bond acceptors (Lipinski definition) is 2. The molecule has 14 heavy (non-hydrogen) atoms. The predicted molar refractivity (Wildman–Crippen MR) is 58.4 cm³/mol. The number of ether oxygens (including phenoxy) is 1. The number of rotatable bonds is 5. The summed E-state index contributed by atoms with van der Waals surface area (Å²) < 4.78 is 6.01. The van der Waals surface area contributed by atoms with Crippen LogP contribution in [0.5, 0.6) is 0 Å². The molecule has 2 unspecified atom stereocenters. The smallest absolute Gasteiger partial charge is 0.0728 e. The molecule has 0 radical (unpaired) electrons. The van der Waals surface area contributed by atoms with Crippen LogP contribution in [0.2, 0.25) is 0 Å². The van der Waals surface area contributed by atoms with Crippen LogP contribution >= 0.6 is 0 Å². The van der Waals surface area contributed by atoms with E-state index in [0.717, 1.165) is 19.1 Å². The van der Waals surface area contributed by atoms with Crippen molar-refractivity contribution in [1.29, 1.82) is 0 Å². The molecule has 2 fully saturated rings. The van der Waals surface area contributed by atoms with Crippen molar-refractivity contribution in [3.63, 3.8) is 0 Å². The lowest BCUT2D eigenvalue weighted by Gasteiger charge is -2.32. The Kier molecular flexibility index (Phi) is 3.82. The van der Waals surface area contributed by atoms with E-state index in [1.54, 1.807) is 0 Å². The minimum atomic E-state index is 0.504. The Labute approximate surface area is 87.4 Å². The first-order valence-electron chi connectivity index (χ1n) is 6.25. The van der Waals surface area contributed by atoms with E-state index in [4.69, 9.17) is 4.74 Å². The zero-order chi connectivity index (χ0) is 9.80. The fourth-order valence-electron chi connectivity index (χ4n) is 2.34. The van der Waals surface area contributed by atoms with Crippen LogP contribution in [0.3, 0.4) is 0 Å². The third kappa shape index (κ3) is 2.96. The average molecular weight is 197 g/mol. The van der Waals surface area contributed by atoms with Gasteiger partial charge in [0, 0.05) is 12.6 Å². The van der Waals surface area contributed by atoms with Crippen molar-refractivity contribution in [3.05, 3.63) is 0 Å². The van der Waals surface area contributed by atoms with Gasteiger partial charge in [-0.15, -0.1) is 0 Å². The summed E-state index contributed by atoms with van der Waals surface area (Å²) in [4.78, 5) is 0. The SMILES string of the molecule is CCNC1CCCCC1OCC1CC1. The molecular weight excluding hydrogens is 174 g/mol. The van der Waals surface area contributed by atoms with Crippen molar-refractivity contribution >= 4 is 0 Å². The molecule has 0 bridgehead atoms. The molecule has 2 aliphatic rings. The Morgan fingerprint density at radius 3 is 2.64 bits per heavy atom. The molecule has 2 atom stereocenters. The van der Waals surface area contributed by atoms with Gasteiger partial charge >= 0.3 is 0 Å². The Hall–Kier alpha value is -0.0800. The fraction of sp³-hybridized carbons (Fsp3) is 1.00. The topological polar surface area (TPSA) is 21.3 Å². The van der Waals surface area contributed by atoms with Crippen LogP contribution in [0.1, 0.15) is 45.4 Å². The lowest BCUT2D eigenvalue weighted by atomic mass is 9.92. The van der Waals surface area contributed by atoms with Crippen LogP contribution in [0, 0.1) is 5.92 Å². The third-order valence-electron chi connectivity index (χ3n) is 3.41. The Balaban J connectivity index is 1.72. The van der Waals surface area contributed by atoms with Crippen LogP contribution in [0.15, 0.2) is 0 Å². The molecule has 1 N–H and O–H groups in total. The van der Waals surface area contributed by atoms with E-state index in [0.29, 0.717) is 12.1 Å². The van der Waals surface area contributed by atoms with E-state index in [9.17, 15) is 0 Å². The fourth-order valence-corrected chi connectivity index (χ4v) is 2.34. The molecule has 0 aromatic heterocycles. The van der Waals surface area contributed by atoms with E-state index in [1.165, 1.54) is 38.5 Å². The van der Waals surface area contributed by atoms with E-state index >= 15 is 0 Å². The van der Waals surface area contributed by atoms with Gasteiger partial charge in [-0.05, 0) is 38.1 Å². The number of hydrogen-bond donors (Lipinski definition) is 1. The van der Waals surface area contributed by atoms with Crippen LogP contribution in [-0.2, 0) is 4.74 Å². The summed E-state index contributed by atoms with van der Waals surface area (Å²) >= 11 is 0. The van der Waals surface area contributed by atoms with Gasteiger partial charge in [-0.2, -0.15) is 0 Å². The molecule has 0 spiro atoms. The summed E-state index contributed by atoms with van der Waals surface area (Å²) in [5.74, 6) is 0.902. The van der Waals surface area contributed by atoms with E-state index in [1.807, 2.05) is 0 Å². The molecule has 0 saturated heterocycles. The second kappa shape index (κ2) is 5.13. The lowest BCUT2D eigenvalue weighted by Crippen LogP contribution is -2.43. The van der Waals surface area contributed by atoms with Gasteiger partial charge in [-0.3, -0.25) is 0 Å². The second-order valence-corrected chi connectivity index (χ2v) is 4.76. The zero-order valence-electron chi connectivity index (χ0n) is 9.30. The first kappa shape index (κ1) is 10.4. The summed E-state index contributed by atoms with van der Waals surface area (Å²) in [6.07, 6.45) is 8.62. The number of nitrogens with one attached hydrogen (secondary N) is 1. The second-order valence-electron chi connectivity index (χ2n) is 4.76. The molecule has 2 nitrogen and oxygen atoms in total. The molecule has 82 valence electrons. The molecule has 0 aromatic carbocycles. The van der Waals surface area contributed by atoms with Crippen LogP contribution in [-0.4, -0.2) is 25.3 Å². The van der Waals surface area contributed by atoms with Gasteiger partial charge in [0.15, 0.2) is 0 Å². The van der Waals surface area contributed by atoms with Gasteiger partial charge in [0.2, 0.25) is 0 Å². The highest BCUT2D eigenvalue weighted by Crippen LogP contribution is 2.31. The van der Waals surface area contributed by atoms with Crippen LogP contribution < -0.4 is 5.32 Å². The van der Waals surface area contributed by atoms with Crippen molar-refractivity contribution in [3.8, 4) is 0 Å². The number of likely N-dealkylation sites (N-methyl/N-ethyl adjacent to an activating group) is 1. The Bertz CT molecular complexity index is 166. The van der Waals surface area contributed by atoms with Gasteiger partial charge in [0.05, 0.1) is 6.10 Å². The minimum absolute atomic E-state index is 0.504. The molecule has 0 amide bonds. The summed E-state index contributed by atoms with van der Waals surface area (Å²) in [5.41, 5.74) is 0. The molecule has 0 heterocycles. The lowest BCUT2D eigenvalue weighted by molar-refractivity contribution is 0.000236. The van der Waals surface area contributed by atoms with Crippen molar-refractivity contribution in [2.75, 3.05) is 13.2 Å². The van der Waals surface area contributed by atoms with Crippen molar-refractivity contribution in [1.82, 2.24) is 5.32 Å². The standard InChI is InChI=1S/C12H23NO/c1-2-13-11-5-3-4-6-12(11)14-9-10-7-8-10/h10-13H,2-9H2,1H3. The summed E-state index contributed by atoms with van der Waals surface area (Å²) in [7, 11) is 0. The highest BCUT2D eigenvalue weighted by molar-refractivity contribution is 4.82. The molecule has 0 aliphatic heterocycles. The summed E-state index contributed by atoms with van der Waals surface area (Å²) in [6, 6.07) is 0.632. The van der Waals surface area contributed by atoms with Crippen molar-refractivity contribution < 1.29 is 4.74 Å². The van der Waals surface area contributed by atoms with Gasteiger partial charge in [-0.1, -0.05) is 19.8 Å². The third-order valence-corrected chi connectivity index (χ3v) is 3.41. The normalized spacial score (nSPS) is 33.2. The maximum Gasteiger partial charge on any atom is 0.0728 e. The van der Waals surface area contributed by atoms with Crippen LogP contribution in [0.25, 0.3) is 0 Å². The Morgan fingerprint density at radius 2 is 1.93 bits per heavy atom. The van der Waals surface area contributed by atoms with E-state index < -0.39 is 0 Å². The van der Waals surface area contributed by atoms with E-state index in [-0.39, 0.29) is 0 Å². The summed E-state index contributed by atoms with van der Waals surface area (Å²) in [6.45, 7) is 4.28. The monoisotopic (exact) mass is 197 g/mol. The quantitative estimate of drug-likeness (QED) is 0.730. The average Bonchev–Trinajstić information content (AvgIpc) is 3.01. The van der Waals surface area contributed by atoms with E-state index in [2.05, 4.69) is 12.2 Å².